The van der Waals surface area contributed by atoms with E-state index in [-0.39, 0.29) is 12.6 Å². The number of carbonyl (C=O) groups excluding carboxylic acids is 1. The molecule has 4 nitrogen and oxygen atoms in total. The van der Waals surface area contributed by atoms with Gasteiger partial charge >= 0.3 is 6.18 Å². The number of alkyl halides is 3. The van der Waals surface area contributed by atoms with Crippen LogP contribution in [-0.2, 0) is 4.79 Å². The van der Waals surface area contributed by atoms with Crippen LogP contribution in [0.2, 0.25) is 0 Å². The number of carbonyl (C=O) groups is 1. The molecule has 2 heterocycles. The first-order valence-electron chi connectivity index (χ1n) is 10.3. The minimum absolute atomic E-state index is 0.00554. The summed E-state index contributed by atoms with van der Waals surface area (Å²) in [7, 11) is 0. The third-order valence-corrected chi connectivity index (χ3v) is 6.88. The van der Waals surface area contributed by atoms with Gasteiger partial charge < -0.3 is 5.32 Å². The highest BCUT2D eigenvalue weighted by Gasteiger charge is 2.53. The molecule has 4 rings (SSSR count). The molecule has 7 heteroatoms. The molecule has 0 radical (unpaired) electrons. The fraction of sp³-hybridized carbons (Fsp3) is 0.667. The van der Waals surface area contributed by atoms with Crippen molar-refractivity contribution in [3.8, 4) is 0 Å². The molecule has 154 valence electrons. The second kappa shape index (κ2) is 7.67. The van der Waals surface area contributed by atoms with Crippen LogP contribution in [0.1, 0.15) is 50.0 Å². The van der Waals surface area contributed by atoms with Crippen molar-refractivity contribution in [1.82, 2.24) is 15.1 Å². The number of nitrogens with zero attached hydrogens (tertiary/aromatic N) is 2. The van der Waals surface area contributed by atoms with E-state index in [4.69, 9.17) is 0 Å². The van der Waals surface area contributed by atoms with Gasteiger partial charge in [0.1, 0.15) is 5.54 Å². The van der Waals surface area contributed by atoms with E-state index in [0.29, 0.717) is 37.9 Å². The molecule has 3 aliphatic rings. The van der Waals surface area contributed by atoms with E-state index in [1.165, 1.54) is 23.3 Å². The number of nitrogens with one attached hydrogen (secondary N) is 1. The average molecular weight is 395 g/mol. The number of hydrogen-bond acceptors (Lipinski definition) is 3. The van der Waals surface area contributed by atoms with Gasteiger partial charge in [-0.05, 0) is 37.2 Å². The Morgan fingerprint density at radius 3 is 2.43 bits per heavy atom. The molecule has 2 aliphatic heterocycles. The molecule has 0 aromatic heterocycles. The molecular weight excluding hydrogens is 367 g/mol. The molecule has 1 aromatic carbocycles. The highest BCUT2D eigenvalue weighted by molar-refractivity contribution is 5.88. The first kappa shape index (κ1) is 19.7. The van der Waals surface area contributed by atoms with Crippen LogP contribution >= 0.6 is 0 Å². The Morgan fingerprint density at radius 2 is 1.75 bits per heavy atom. The van der Waals surface area contributed by atoms with Crippen molar-refractivity contribution in [2.45, 2.75) is 62.2 Å². The predicted molar refractivity (Wildman–Crippen MR) is 101 cm³/mol. The SMILES string of the molecule is O=C1NCN(CC(F)(F)F)C12CCN([C@@H]1CCCC[C@@H]1c1ccccc1)CC2. The minimum Gasteiger partial charge on any atom is -0.342 e. The maximum absolute atomic E-state index is 13.0. The lowest BCUT2D eigenvalue weighted by Crippen LogP contribution is -2.59. The molecule has 1 aromatic rings. The van der Waals surface area contributed by atoms with Crippen LogP contribution in [0.3, 0.4) is 0 Å². The Balaban J connectivity index is 1.47. The van der Waals surface area contributed by atoms with Crippen molar-refractivity contribution < 1.29 is 18.0 Å². The number of likely N-dealkylation sites (tertiary alicyclic amines) is 1. The highest BCUT2D eigenvalue weighted by Crippen LogP contribution is 2.40. The van der Waals surface area contributed by atoms with Gasteiger partial charge in [-0.1, -0.05) is 43.2 Å². The molecular formula is C21H28F3N3O. The minimum atomic E-state index is -4.29. The molecule has 0 bridgehead atoms. The lowest BCUT2D eigenvalue weighted by atomic mass is 9.77. The largest absolute Gasteiger partial charge is 0.401 e. The molecule has 28 heavy (non-hydrogen) atoms. The van der Waals surface area contributed by atoms with Gasteiger partial charge in [-0.2, -0.15) is 13.2 Å². The second-order valence-corrected chi connectivity index (χ2v) is 8.41. The van der Waals surface area contributed by atoms with Gasteiger partial charge in [0.25, 0.3) is 0 Å². The second-order valence-electron chi connectivity index (χ2n) is 8.41. The van der Waals surface area contributed by atoms with Crippen LogP contribution in [0.5, 0.6) is 0 Å². The topological polar surface area (TPSA) is 35.6 Å². The summed E-state index contributed by atoms with van der Waals surface area (Å²) in [6.07, 6.45) is 1.31. The number of benzene rings is 1. The molecule has 1 saturated carbocycles. The Bertz CT molecular complexity index is 686. The molecule has 1 spiro atoms. The first-order valence-corrected chi connectivity index (χ1v) is 10.3. The van der Waals surface area contributed by atoms with Crippen molar-refractivity contribution in [3.05, 3.63) is 35.9 Å². The molecule has 2 saturated heterocycles. The zero-order chi connectivity index (χ0) is 19.8. The molecule has 1 amide bonds. The molecule has 0 unspecified atom stereocenters. The van der Waals surface area contributed by atoms with Crippen LogP contribution in [-0.4, -0.2) is 59.8 Å². The quantitative estimate of drug-likeness (QED) is 0.851. The molecule has 1 aliphatic carbocycles. The lowest BCUT2D eigenvalue weighted by molar-refractivity contribution is -0.161. The summed E-state index contributed by atoms with van der Waals surface area (Å²) in [5.74, 6) is 0.229. The van der Waals surface area contributed by atoms with Crippen molar-refractivity contribution in [3.63, 3.8) is 0 Å². The number of amides is 1. The van der Waals surface area contributed by atoms with E-state index < -0.39 is 18.3 Å². The van der Waals surface area contributed by atoms with Gasteiger partial charge in [-0.25, -0.2) is 0 Å². The van der Waals surface area contributed by atoms with Crippen molar-refractivity contribution in [2.75, 3.05) is 26.3 Å². The van der Waals surface area contributed by atoms with Crippen molar-refractivity contribution >= 4 is 5.91 Å². The number of hydrogen-bond donors (Lipinski definition) is 1. The van der Waals surface area contributed by atoms with Crippen LogP contribution in [0.25, 0.3) is 0 Å². The molecule has 2 atom stereocenters. The number of piperidine rings is 1. The molecule has 1 N–H and O–H groups in total. The van der Waals surface area contributed by atoms with Gasteiger partial charge in [0.2, 0.25) is 5.91 Å². The van der Waals surface area contributed by atoms with E-state index in [1.807, 2.05) is 6.07 Å². The maximum atomic E-state index is 13.0. The summed E-state index contributed by atoms with van der Waals surface area (Å²) < 4.78 is 39.0. The van der Waals surface area contributed by atoms with Crippen molar-refractivity contribution in [2.24, 2.45) is 0 Å². The van der Waals surface area contributed by atoms with E-state index in [9.17, 15) is 18.0 Å². The third-order valence-electron chi connectivity index (χ3n) is 6.88. The molecule has 3 fully saturated rings. The van der Waals surface area contributed by atoms with Gasteiger partial charge in [0, 0.05) is 19.1 Å². The zero-order valence-corrected chi connectivity index (χ0v) is 16.0. The smallest absolute Gasteiger partial charge is 0.342 e. The van der Waals surface area contributed by atoms with E-state index in [1.54, 1.807) is 0 Å². The predicted octanol–water partition coefficient (Wildman–Crippen LogP) is 3.50. The standard InChI is InChI=1S/C21H28F3N3O/c22-21(23,24)14-27-15-25-19(28)20(27)10-12-26(13-11-20)18-9-5-4-8-17(18)16-6-2-1-3-7-16/h1-3,6-7,17-18H,4-5,8-15H2,(H,25,28)/t17-,18-/m1/s1. The van der Waals surface area contributed by atoms with Gasteiger partial charge in [0.05, 0.1) is 13.2 Å². The lowest BCUT2D eigenvalue weighted by Gasteiger charge is -2.47. The average Bonchev–Trinajstić information content (AvgIpc) is 2.97. The van der Waals surface area contributed by atoms with Crippen LogP contribution in [0, 0.1) is 0 Å². The summed E-state index contributed by atoms with van der Waals surface area (Å²) in [5.41, 5.74) is 0.355. The normalized spacial score (nSPS) is 29.2. The van der Waals surface area contributed by atoms with Crippen LogP contribution < -0.4 is 5.32 Å². The Morgan fingerprint density at radius 1 is 1.07 bits per heavy atom. The monoisotopic (exact) mass is 395 g/mol. The highest BCUT2D eigenvalue weighted by atomic mass is 19.4. The number of rotatable bonds is 3. The summed E-state index contributed by atoms with van der Waals surface area (Å²) >= 11 is 0. The number of halogens is 3. The van der Waals surface area contributed by atoms with Gasteiger partial charge in [-0.15, -0.1) is 0 Å². The van der Waals surface area contributed by atoms with Crippen LogP contribution in [0.15, 0.2) is 30.3 Å². The Kier molecular flexibility index (Phi) is 5.40. The fourth-order valence-corrected chi connectivity index (χ4v) is 5.46. The van der Waals surface area contributed by atoms with E-state index >= 15 is 0 Å². The fourth-order valence-electron chi connectivity index (χ4n) is 5.46. The Labute approximate surface area is 164 Å². The summed E-state index contributed by atoms with van der Waals surface area (Å²) in [4.78, 5) is 16.2. The maximum Gasteiger partial charge on any atom is 0.401 e. The summed E-state index contributed by atoms with van der Waals surface area (Å²) in [5, 5.41) is 2.65. The van der Waals surface area contributed by atoms with Crippen molar-refractivity contribution in [1.29, 1.82) is 0 Å². The first-order chi connectivity index (χ1) is 13.4. The zero-order valence-electron chi connectivity index (χ0n) is 16.0. The third kappa shape index (κ3) is 3.79. The Hall–Kier alpha value is -1.60. The summed E-state index contributed by atoms with van der Waals surface area (Å²) in [6.45, 7) is 0.321. The summed E-state index contributed by atoms with van der Waals surface area (Å²) in [6, 6.07) is 11.0. The van der Waals surface area contributed by atoms with E-state index in [2.05, 4.69) is 34.5 Å². The van der Waals surface area contributed by atoms with E-state index in [0.717, 1.165) is 12.8 Å². The van der Waals surface area contributed by atoms with Gasteiger partial charge in [-0.3, -0.25) is 14.6 Å². The van der Waals surface area contributed by atoms with Gasteiger partial charge in [0.15, 0.2) is 0 Å². The van der Waals surface area contributed by atoms with Crippen LogP contribution in [0.4, 0.5) is 13.2 Å².